The molecule has 0 atom stereocenters. The van der Waals surface area contributed by atoms with Crippen LogP contribution in [0.5, 0.6) is 0 Å². The molecule has 2 heterocycles. The summed E-state index contributed by atoms with van der Waals surface area (Å²) >= 11 is 3.41. The first-order valence-corrected chi connectivity index (χ1v) is 4.79. The SMILES string of the molecule is C=C1N=c2cccc[n+]2=C1CBr. The van der Waals surface area contributed by atoms with E-state index < -0.39 is 0 Å². The van der Waals surface area contributed by atoms with Crippen molar-refractivity contribution in [1.29, 1.82) is 0 Å². The highest BCUT2D eigenvalue weighted by Gasteiger charge is 2.18. The molecule has 60 valence electrons. The first-order valence-electron chi connectivity index (χ1n) is 3.67. The number of allylic oxidation sites excluding steroid dienone is 1. The van der Waals surface area contributed by atoms with Crippen molar-refractivity contribution < 1.29 is 4.24 Å². The third-order valence-corrected chi connectivity index (χ3v) is 2.37. The van der Waals surface area contributed by atoms with Crippen molar-refractivity contribution in [1.82, 2.24) is 0 Å². The number of halogens is 1. The molecule has 1 aliphatic heterocycles. The third kappa shape index (κ3) is 1.01. The Morgan fingerprint density at radius 2 is 2.33 bits per heavy atom. The summed E-state index contributed by atoms with van der Waals surface area (Å²) in [7, 11) is 0. The Labute approximate surface area is 78.7 Å². The van der Waals surface area contributed by atoms with Gasteiger partial charge in [-0.05, 0) is 17.6 Å². The van der Waals surface area contributed by atoms with Gasteiger partial charge in [0.15, 0.2) is 5.71 Å². The summed E-state index contributed by atoms with van der Waals surface area (Å²) in [5.74, 6) is 0. The van der Waals surface area contributed by atoms with E-state index in [2.05, 4.69) is 27.5 Å². The zero-order valence-corrected chi connectivity index (χ0v) is 8.08. The van der Waals surface area contributed by atoms with Crippen LogP contribution in [0.3, 0.4) is 0 Å². The molecule has 0 spiro atoms. The van der Waals surface area contributed by atoms with Gasteiger partial charge in [-0.2, -0.15) is 4.24 Å². The lowest BCUT2D eigenvalue weighted by molar-refractivity contribution is -0.532. The maximum Gasteiger partial charge on any atom is 0.328 e. The molecule has 0 unspecified atom stereocenters. The number of nitrogens with zero attached hydrogens (tertiary/aromatic N) is 2. The van der Waals surface area contributed by atoms with Crippen molar-refractivity contribution in [3.63, 3.8) is 0 Å². The summed E-state index contributed by atoms with van der Waals surface area (Å²) in [5.41, 5.74) is 2.92. The van der Waals surface area contributed by atoms with Crippen LogP contribution in [0.25, 0.3) is 0 Å². The van der Waals surface area contributed by atoms with Gasteiger partial charge in [-0.15, -0.1) is 0 Å². The Balaban J connectivity index is 2.88. The Hall–Kier alpha value is -0.960. The molecule has 1 aromatic rings. The number of alkyl halides is 1. The maximum atomic E-state index is 4.31. The molecule has 0 bridgehead atoms. The summed E-state index contributed by atoms with van der Waals surface area (Å²) < 4.78 is 2.04. The van der Waals surface area contributed by atoms with Gasteiger partial charge in [-0.1, -0.05) is 22.0 Å². The van der Waals surface area contributed by atoms with E-state index in [9.17, 15) is 0 Å². The van der Waals surface area contributed by atoms with Gasteiger partial charge in [0.25, 0.3) is 0 Å². The summed E-state index contributed by atoms with van der Waals surface area (Å²) in [6, 6.07) is 5.93. The molecular weight excluding hydrogens is 216 g/mol. The van der Waals surface area contributed by atoms with Gasteiger partial charge in [0.2, 0.25) is 5.70 Å². The average Bonchev–Trinajstić information content (AvgIpc) is 2.40. The summed E-state index contributed by atoms with van der Waals surface area (Å²) in [5, 5.41) is 0.789. The van der Waals surface area contributed by atoms with Crippen molar-refractivity contribution in [3.05, 3.63) is 47.9 Å². The monoisotopic (exact) mass is 223 g/mol. The number of hydrogen-bond acceptors (Lipinski definition) is 1. The van der Waals surface area contributed by atoms with E-state index in [1.807, 2.05) is 28.6 Å². The summed E-state index contributed by atoms with van der Waals surface area (Å²) in [4.78, 5) is 4.31. The van der Waals surface area contributed by atoms with Crippen LogP contribution in [-0.2, 0) is 0 Å². The van der Waals surface area contributed by atoms with Crippen LogP contribution in [0.2, 0.25) is 0 Å². The molecule has 0 N–H and O–H groups in total. The highest BCUT2D eigenvalue weighted by Crippen LogP contribution is 2.06. The van der Waals surface area contributed by atoms with Gasteiger partial charge in [0.1, 0.15) is 0 Å². The first-order chi connectivity index (χ1) is 5.83. The van der Waals surface area contributed by atoms with E-state index in [-0.39, 0.29) is 0 Å². The lowest BCUT2D eigenvalue weighted by Gasteiger charge is -1.85. The van der Waals surface area contributed by atoms with Gasteiger partial charge in [-0.25, -0.2) is 0 Å². The van der Waals surface area contributed by atoms with Crippen LogP contribution in [0.1, 0.15) is 0 Å². The third-order valence-electron chi connectivity index (χ3n) is 1.84. The molecule has 0 aliphatic carbocycles. The predicted molar refractivity (Wildman–Crippen MR) is 49.4 cm³/mol. The van der Waals surface area contributed by atoms with Crippen molar-refractivity contribution >= 4 is 15.9 Å². The van der Waals surface area contributed by atoms with Crippen molar-refractivity contribution in [2.24, 2.45) is 4.99 Å². The normalized spacial score (nSPS) is 14.4. The zero-order chi connectivity index (χ0) is 8.55. The molecule has 1 aromatic heterocycles. The second-order valence-corrected chi connectivity index (χ2v) is 3.13. The van der Waals surface area contributed by atoms with Gasteiger partial charge in [0.05, 0.1) is 11.5 Å². The van der Waals surface area contributed by atoms with E-state index in [0.29, 0.717) is 0 Å². The molecule has 0 radical (unpaired) electrons. The zero-order valence-electron chi connectivity index (χ0n) is 6.50. The molecule has 0 fully saturated rings. The lowest BCUT2D eigenvalue weighted by atomic mass is 10.3. The summed E-state index contributed by atoms with van der Waals surface area (Å²) in [6.07, 6.45) is 1.99. The van der Waals surface area contributed by atoms with Crippen molar-refractivity contribution in [2.45, 2.75) is 0 Å². The van der Waals surface area contributed by atoms with Crippen LogP contribution in [0, 0.1) is 5.71 Å². The summed E-state index contributed by atoms with van der Waals surface area (Å²) in [6.45, 7) is 3.87. The Kier molecular flexibility index (Phi) is 1.81. The van der Waals surface area contributed by atoms with Crippen LogP contribution in [0.4, 0.5) is 0 Å². The number of fused-ring (bicyclic) bond motifs is 1. The second kappa shape index (κ2) is 2.83. The molecule has 12 heavy (non-hydrogen) atoms. The van der Waals surface area contributed by atoms with E-state index in [1.54, 1.807) is 0 Å². The fourth-order valence-electron chi connectivity index (χ4n) is 1.24. The average molecular weight is 224 g/mol. The largest absolute Gasteiger partial charge is 0.328 e. The fourth-order valence-corrected chi connectivity index (χ4v) is 1.83. The number of hydrogen-bond donors (Lipinski definition) is 0. The predicted octanol–water partition coefficient (Wildman–Crippen LogP) is 0.896. The quantitative estimate of drug-likeness (QED) is 0.498. The minimum atomic E-state index is 0.789. The van der Waals surface area contributed by atoms with Gasteiger partial charge in [-0.3, -0.25) is 0 Å². The molecule has 1 aliphatic rings. The van der Waals surface area contributed by atoms with E-state index in [4.69, 9.17) is 0 Å². The standard InChI is InChI=1S/C9H8BrN2/c1-7-8(6-10)12-5-3-2-4-9(12)11-7/h2-5H,1,6H2/q+1. The minimum absolute atomic E-state index is 0.789. The highest BCUT2D eigenvalue weighted by molar-refractivity contribution is 9.09. The molecule has 3 heteroatoms. The highest BCUT2D eigenvalue weighted by atomic mass is 79.9. The number of rotatable bonds is 1. The van der Waals surface area contributed by atoms with Crippen LogP contribution in [0.15, 0.2) is 41.7 Å². The number of aromatic nitrogens is 1. The Morgan fingerprint density at radius 1 is 1.50 bits per heavy atom. The maximum absolute atomic E-state index is 4.31. The van der Waals surface area contributed by atoms with E-state index in [0.717, 1.165) is 22.2 Å². The van der Waals surface area contributed by atoms with Crippen LogP contribution in [-0.4, -0.2) is 5.33 Å². The Morgan fingerprint density at radius 3 is 3.08 bits per heavy atom. The smallest absolute Gasteiger partial charge is 0.195 e. The molecule has 0 aromatic carbocycles. The Bertz CT molecular complexity index is 448. The molecule has 0 amide bonds. The van der Waals surface area contributed by atoms with Gasteiger partial charge in [0, 0.05) is 6.07 Å². The molecule has 0 saturated carbocycles. The number of pyridine rings is 1. The molecule has 2 rings (SSSR count). The van der Waals surface area contributed by atoms with Crippen LogP contribution >= 0.6 is 15.9 Å². The second-order valence-electron chi connectivity index (χ2n) is 2.57. The van der Waals surface area contributed by atoms with Crippen molar-refractivity contribution in [3.8, 4) is 0 Å². The molecule has 0 saturated heterocycles. The van der Waals surface area contributed by atoms with E-state index in [1.165, 1.54) is 0 Å². The van der Waals surface area contributed by atoms with Gasteiger partial charge >= 0.3 is 5.49 Å². The first kappa shape index (κ1) is 7.68. The van der Waals surface area contributed by atoms with Gasteiger partial charge < -0.3 is 0 Å². The lowest BCUT2D eigenvalue weighted by Crippen LogP contribution is -2.36. The minimum Gasteiger partial charge on any atom is -0.195 e. The van der Waals surface area contributed by atoms with E-state index >= 15 is 0 Å². The fraction of sp³-hybridized carbons (Fsp3) is 0.111. The van der Waals surface area contributed by atoms with Crippen LogP contribution < -0.4 is 9.73 Å². The van der Waals surface area contributed by atoms with Crippen molar-refractivity contribution in [2.75, 3.05) is 5.33 Å². The molecule has 2 nitrogen and oxygen atoms in total. The molecular formula is C9H8BrN2+. The topological polar surface area (TPSA) is 18.3 Å².